The van der Waals surface area contributed by atoms with E-state index in [1.807, 2.05) is 32.0 Å². The zero-order valence-electron chi connectivity index (χ0n) is 11.6. The molecule has 2 N–H and O–H groups in total. The summed E-state index contributed by atoms with van der Waals surface area (Å²) in [4.78, 5) is 0. The highest BCUT2D eigenvalue weighted by molar-refractivity contribution is 7.89. The fourth-order valence-corrected chi connectivity index (χ4v) is 2.95. The molecule has 2 atom stereocenters. The van der Waals surface area contributed by atoms with Gasteiger partial charge in [-0.05, 0) is 37.5 Å². The summed E-state index contributed by atoms with van der Waals surface area (Å²) < 4.78 is 25.3. The fraction of sp³-hybridized carbons (Fsp3) is 0.538. The minimum atomic E-state index is -3.34. The van der Waals surface area contributed by atoms with Crippen molar-refractivity contribution < 1.29 is 8.42 Å². The zero-order chi connectivity index (χ0) is 14.1. The van der Waals surface area contributed by atoms with E-state index in [0.717, 1.165) is 11.1 Å². The van der Waals surface area contributed by atoms with Gasteiger partial charge in [0, 0.05) is 20.1 Å². The molecule has 0 fully saturated rings. The van der Waals surface area contributed by atoms with E-state index in [9.17, 15) is 8.42 Å². The van der Waals surface area contributed by atoms with Crippen molar-refractivity contribution in [3.05, 3.63) is 34.9 Å². The van der Waals surface area contributed by atoms with Crippen LogP contribution in [-0.4, -0.2) is 32.1 Å². The zero-order valence-corrected chi connectivity index (χ0v) is 12.5. The van der Waals surface area contributed by atoms with E-state index < -0.39 is 21.3 Å². The molecule has 0 aliphatic rings. The van der Waals surface area contributed by atoms with Crippen LogP contribution in [0.25, 0.3) is 0 Å². The number of hydrogen-bond acceptors (Lipinski definition) is 3. The van der Waals surface area contributed by atoms with Gasteiger partial charge in [0.1, 0.15) is 0 Å². The van der Waals surface area contributed by atoms with Gasteiger partial charge in [0.25, 0.3) is 0 Å². The van der Waals surface area contributed by atoms with Gasteiger partial charge in [0.15, 0.2) is 0 Å². The second kappa shape index (κ2) is 5.38. The van der Waals surface area contributed by atoms with Crippen molar-refractivity contribution in [2.45, 2.75) is 32.1 Å². The number of benzene rings is 1. The molecule has 0 saturated carbocycles. The molecule has 18 heavy (non-hydrogen) atoms. The third kappa shape index (κ3) is 2.91. The van der Waals surface area contributed by atoms with Crippen LogP contribution in [0.3, 0.4) is 0 Å². The van der Waals surface area contributed by atoms with Gasteiger partial charge in [-0.3, -0.25) is 0 Å². The second-order valence-corrected chi connectivity index (χ2v) is 7.41. The predicted molar refractivity (Wildman–Crippen MR) is 74.9 cm³/mol. The van der Waals surface area contributed by atoms with Gasteiger partial charge in [0.05, 0.1) is 5.25 Å². The lowest BCUT2D eigenvalue weighted by molar-refractivity contribution is 0.495. The summed E-state index contributed by atoms with van der Waals surface area (Å²) in [7, 11) is -0.285. The average Bonchev–Trinajstić information content (AvgIpc) is 2.30. The minimum absolute atomic E-state index is 0.517. The summed E-state index contributed by atoms with van der Waals surface area (Å²) in [5.41, 5.74) is 9.23. The molecular formula is C13H22N2O2S. The van der Waals surface area contributed by atoms with Gasteiger partial charge in [-0.15, -0.1) is 0 Å². The van der Waals surface area contributed by atoms with Crippen molar-refractivity contribution in [3.8, 4) is 0 Å². The molecule has 4 nitrogen and oxygen atoms in total. The molecule has 0 aliphatic carbocycles. The molecule has 1 aromatic carbocycles. The van der Waals surface area contributed by atoms with Gasteiger partial charge in [-0.25, -0.2) is 12.7 Å². The van der Waals surface area contributed by atoms with Crippen LogP contribution in [0.15, 0.2) is 18.2 Å². The van der Waals surface area contributed by atoms with Crippen LogP contribution >= 0.6 is 0 Å². The maximum Gasteiger partial charge on any atom is 0.218 e. The van der Waals surface area contributed by atoms with E-state index in [1.54, 1.807) is 6.92 Å². The van der Waals surface area contributed by atoms with Crippen LogP contribution in [0, 0.1) is 13.8 Å². The van der Waals surface area contributed by atoms with E-state index in [1.165, 1.54) is 24.0 Å². The number of sulfonamides is 1. The lowest BCUT2D eigenvalue weighted by Crippen LogP contribution is -2.38. The number of hydrogen-bond donors (Lipinski definition) is 1. The van der Waals surface area contributed by atoms with Gasteiger partial charge in [-0.1, -0.05) is 18.2 Å². The number of nitrogens with zero attached hydrogens (tertiary/aromatic N) is 1. The Kier molecular flexibility index (Phi) is 4.53. The van der Waals surface area contributed by atoms with Gasteiger partial charge in [0.2, 0.25) is 10.0 Å². The van der Waals surface area contributed by atoms with E-state index in [2.05, 4.69) is 0 Å². The van der Waals surface area contributed by atoms with E-state index in [4.69, 9.17) is 5.73 Å². The van der Waals surface area contributed by atoms with Crippen molar-refractivity contribution >= 4 is 10.0 Å². The van der Waals surface area contributed by atoms with Crippen LogP contribution in [-0.2, 0) is 10.0 Å². The summed E-state index contributed by atoms with van der Waals surface area (Å²) >= 11 is 0. The summed E-state index contributed by atoms with van der Waals surface area (Å²) in [5, 5.41) is -0.644. The molecule has 0 amide bonds. The third-order valence-corrected chi connectivity index (χ3v) is 5.65. The predicted octanol–water partition coefficient (Wildman–Crippen LogP) is 1.58. The topological polar surface area (TPSA) is 63.4 Å². The molecule has 1 rings (SSSR count). The summed E-state index contributed by atoms with van der Waals surface area (Å²) in [6, 6.07) is 5.31. The molecule has 0 aliphatic heterocycles. The van der Waals surface area contributed by atoms with E-state index in [0.29, 0.717) is 0 Å². The molecule has 1 aromatic rings. The van der Waals surface area contributed by atoms with E-state index in [-0.39, 0.29) is 0 Å². The SMILES string of the molecule is Cc1ccc(C(N)C(C)S(=O)(=O)N(C)C)cc1C. The van der Waals surface area contributed by atoms with Crippen molar-refractivity contribution in [3.63, 3.8) is 0 Å². The molecule has 5 heteroatoms. The summed E-state index contributed by atoms with van der Waals surface area (Å²) in [6.45, 7) is 5.66. The quantitative estimate of drug-likeness (QED) is 0.903. The van der Waals surface area contributed by atoms with Crippen molar-refractivity contribution in [1.82, 2.24) is 4.31 Å². The van der Waals surface area contributed by atoms with Crippen LogP contribution in [0.1, 0.15) is 29.7 Å². The Bertz CT molecular complexity index is 524. The Morgan fingerprint density at radius 3 is 2.17 bits per heavy atom. The Balaban J connectivity index is 3.07. The van der Waals surface area contributed by atoms with Crippen LogP contribution < -0.4 is 5.73 Å². The highest BCUT2D eigenvalue weighted by Crippen LogP contribution is 2.23. The number of aryl methyl sites for hydroxylation is 2. The molecule has 0 spiro atoms. The standard InChI is InChI=1S/C13H22N2O2S/c1-9-6-7-12(8-10(9)2)13(14)11(3)18(16,17)15(4)5/h6-8,11,13H,14H2,1-5H3. The van der Waals surface area contributed by atoms with E-state index >= 15 is 0 Å². The number of rotatable bonds is 4. The highest BCUT2D eigenvalue weighted by atomic mass is 32.2. The monoisotopic (exact) mass is 270 g/mol. The molecular weight excluding hydrogens is 248 g/mol. The molecule has 0 radical (unpaired) electrons. The fourth-order valence-electron chi connectivity index (χ4n) is 1.76. The van der Waals surface area contributed by atoms with Crippen molar-refractivity contribution in [2.75, 3.05) is 14.1 Å². The lowest BCUT2D eigenvalue weighted by Gasteiger charge is -2.24. The normalized spacial score (nSPS) is 15.7. The Hall–Kier alpha value is -0.910. The largest absolute Gasteiger partial charge is 0.323 e. The average molecular weight is 270 g/mol. The van der Waals surface area contributed by atoms with Gasteiger partial charge in [-0.2, -0.15) is 0 Å². The van der Waals surface area contributed by atoms with Crippen molar-refractivity contribution in [2.24, 2.45) is 5.73 Å². The van der Waals surface area contributed by atoms with Crippen molar-refractivity contribution in [1.29, 1.82) is 0 Å². The van der Waals surface area contributed by atoms with Crippen LogP contribution in [0.5, 0.6) is 0 Å². The molecule has 0 heterocycles. The maximum absolute atomic E-state index is 12.0. The van der Waals surface area contributed by atoms with Crippen LogP contribution in [0.2, 0.25) is 0 Å². The molecule has 0 saturated heterocycles. The molecule has 102 valence electrons. The smallest absolute Gasteiger partial charge is 0.218 e. The molecule has 0 aromatic heterocycles. The Labute approximate surface area is 110 Å². The minimum Gasteiger partial charge on any atom is -0.323 e. The molecule has 2 unspecified atom stereocenters. The van der Waals surface area contributed by atoms with Gasteiger partial charge < -0.3 is 5.73 Å². The lowest BCUT2D eigenvalue weighted by atomic mass is 10.00. The first-order chi connectivity index (χ1) is 8.17. The van der Waals surface area contributed by atoms with Crippen LogP contribution in [0.4, 0.5) is 0 Å². The highest BCUT2D eigenvalue weighted by Gasteiger charge is 2.29. The maximum atomic E-state index is 12.0. The third-order valence-electron chi connectivity index (χ3n) is 3.40. The second-order valence-electron chi connectivity index (χ2n) is 4.90. The first-order valence-corrected chi connectivity index (χ1v) is 7.42. The summed E-state index contributed by atoms with van der Waals surface area (Å²) in [6.07, 6.45) is 0. The summed E-state index contributed by atoms with van der Waals surface area (Å²) in [5.74, 6) is 0. The van der Waals surface area contributed by atoms with Gasteiger partial charge >= 0.3 is 0 Å². The Morgan fingerprint density at radius 2 is 1.72 bits per heavy atom. The molecule has 0 bridgehead atoms. The first kappa shape index (κ1) is 15.1. The number of nitrogens with two attached hydrogens (primary N) is 1. The first-order valence-electron chi connectivity index (χ1n) is 5.92. The Morgan fingerprint density at radius 1 is 1.17 bits per heavy atom.